The highest BCUT2D eigenvalue weighted by molar-refractivity contribution is 5.25. The van der Waals surface area contributed by atoms with Gasteiger partial charge < -0.3 is 14.8 Å². The topological polar surface area (TPSA) is 33.1 Å². The fourth-order valence-corrected chi connectivity index (χ4v) is 2.24. The average Bonchev–Trinajstić information content (AvgIpc) is 2.95. The summed E-state index contributed by atoms with van der Waals surface area (Å²) in [6, 6.07) is 0. The van der Waals surface area contributed by atoms with Crippen molar-refractivity contribution in [3.05, 3.63) is 12.4 Å². The minimum absolute atomic E-state index is 0.981. The summed E-state index contributed by atoms with van der Waals surface area (Å²) in [7, 11) is 0. The third-order valence-corrected chi connectivity index (χ3v) is 3.19. The number of nitrogens with zero attached hydrogens (tertiary/aromatic N) is 3. The van der Waals surface area contributed by atoms with Crippen LogP contribution in [0.25, 0.3) is 0 Å². The second-order valence-electron chi connectivity index (χ2n) is 4.37. The lowest BCUT2D eigenvalue weighted by Crippen LogP contribution is -2.22. The highest BCUT2D eigenvalue weighted by Crippen LogP contribution is 2.08. The Bertz CT molecular complexity index is 302. The SMILES string of the molecule is CCn1ccnc1NCCCN1CCCC1. The molecule has 2 rings (SSSR count). The quantitative estimate of drug-likeness (QED) is 0.745. The molecule has 1 N–H and O–H groups in total. The van der Waals surface area contributed by atoms with Gasteiger partial charge in [0.15, 0.2) is 0 Å². The number of anilines is 1. The molecular formula is C12H22N4. The number of aromatic nitrogens is 2. The van der Waals surface area contributed by atoms with Crippen LogP contribution < -0.4 is 5.32 Å². The first-order valence-electron chi connectivity index (χ1n) is 6.37. The molecule has 16 heavy (non-hydrogen) atoms. The molecule has 0 atom stereocenters. The molecular weight excluding hydrogens is 200 g/mol. The molecule has 1 aromatic heterocycles. The zero-order chi connectivity index (χ0) is 11.2. The van der Waals surface area contributed by atoms with Crippen LogP contribution in [0.1, 0.15) is 26.2 Å². The third-order valence-electron chi connectivity index (χ3n) is 3.19. The molecule has 1 fully saturated rings. The maximum Gasteiger partial charge on any atom is 0.202 e. The Labute approximate surface area is 97.7 Å². The van der Waals surface area contributed by atoms with E-state index in [2.05, 4.69) is 26.7 Å². The summed E-state index contributed by atoms with van der Waals surface area (Å²) in [5, 5.41) is 3.39. The Morgan fingerprint density at radius 3 is 2.94 bits per heavy atom. The number of imidazole rings is 1. The van der Waals surface area contributed by atoms with Gasteiger partial charge in [0.2, 0.25) is 5.95 Å². The van der Waals surface area contributed by atoms with E-state index >= 15 is 0 Å². The lowest BCUT2D eigenvalue weighted by molar-refractivity contribution is 0.337. The lowest BCUT2D eigenvalue weighted by atomic mass is 10.4. The fourth-order valence-electron chi connectivity index (χ4n) is 2.24. The Morgan fingerprint density at radius 1 is 1.38 bits per heavy atom. The standard InChI is InChI=1S/C12H22N4/c1-2-16-11-7-14-12(16)13-6-5-10-15-8-3-4-9-15/h7,11H,2-6,8-10H2,1H3,(H,13,14). The predicted molar refractivity (Wildman–Crippen MR) is 66.7 cm³/mol. The molecule has 1 aliphatic heterocycles. The molecule has 2 heterocycles. The second-order valence-corrected chi connectivity index (χ2v) is 4.37. The minimum atomic E-state index is 0.981. The molecule has 90 valence electrons. The van der Waals surface area contributed by atoms with Gasteiger partial charge in [0.25, 0.3) is 0 Å². The molecule has 1 aliphatic rings. The highest BCUT2D eigenvalue weighted by Gasteiger charge is 2.10. The molecule has 0 aliphatic carbocycles. The monoisotopic (exact) mass is 222 g/mol. The number of likely N-dealkylation sites (tertiary alicyclic amines) is 1. The number of rotatable bonds is 6. The predicted octanol–water partition coefficient (Wildman–Crippen LogP) is 1.80. The molecule has 0 bridgehead atoms. The van der Waals surface area contributed by atoms with E-state index in [1.807, 2.05) is 12.4 Å². The van der Waals surface area contributed by atoms with Crippen molar-refractivity contribution in [2.24, 2.45) is 0 Å². The minimum Gasteiger partial charge on any atom is -0.356 e. The van der Waals surface area contributed by atoms with Crippen LogP contribution in [0.15, 0.2) is 12.4 Å². The number of hydrogen-bond acceptors (Lipinski definition) is 3. The summed E-state index contributed by atoms with van der Waals surface area (Å²) in [6.07, 6.45) is 7.84. The number of aryl methyl sites for hydroxylation is 1. The van der Waals surface area contributed by atoms with Crippen molar-refractivity contribution < 1.29 is 0 Å². The van der Waals surface area contributed by atoms with Crippen molar-refractivity contribution in [2.75, 3.05) is 31.5 Å². The van der Waals surface area contributed by atoms with Crippen LogP contribution in [0.2, 0.25) is 0 Å². The van der Waals surface area contributed by atoms with Gasteiger partial charge in [-0.05, 0) is 45.8 Å². The van der Waals surface area contributed by atoms with Crippen molar-refractivity contribution in [1.29, 1.82) is 0 Å². The van der Waals surface area contributed by atoms with Crippen molar-refractivity contribution in [3.63, 3.8) is 0 Å². The molecule has 0 aromatic carbocycles. The van der Waals surface area contributed by atoms with Gasteiger partial charge >= 0.3 is 0 Å². The molecule has 0 unspecified atom stereocenters. The molecule has 0 amide bonds. The van der Waals surface area contributed by atoms with Crippen molar-refractivity contribution in [3.8, 4) is 0 Å². The van der Waals surface area contributed by atoms with E-state index in [0.29, 0.717) is 0 Å². The molecule has 4 nitrogen and oxygen atoms in total. The highest BCUT2D eigenvalue weighted by atomic mass is 15.2. The second kappa shape index (κ2) is 5.89. The summed E-state index contributed by atoms with van der Waals surface area (Å²) in [4.78, 5) is 6.84. The molecule has 4 heteroatoms. The van der Waals surface area contributed by atoms with Crippen LogP contribution in [-0.4, -0.2) is 40.6 Å². The lowest BCUT2D eigenvalue weighted by Gasteiger charge is -2.14. The summed E-state index contributed by atoms with van der Waals surface area (Å²) < 4.78 is 2.13. The van der Waals surface area contributed by atoms with Crippen LogP contribution in [-0.2, 0) is 6.54 Å². The van der Waals surface area contributed by atoms with Gasteiger partial charge in [0.05, 0.1) is 0 Å². The maximum absolute atomic E-state index is 4.29. The Kier molecular flexibility index (Phi) is 4.22. The van der Waals surface area contributed by atoms with E-state index in [9.17, 15) is 0 Å². The van der Waals surface area contributed by atoms with E-state index in [-0.39, 0.29) is 0 Å². The maximum atomic E-state index is 4.29. The Balaban J connectivity index is 1.64. The first-order valence-corrected chi connectivity index (χ1v) is 6.37. The number of nitrogens with one attached hydrogen (secondary N) is 1. The van der Waals surface area contributed by atoms with E-state index < -0.39 is 0 Å². The Hall–Kier alpha value is -1.03. The van der Waals surface area contributed by atoms with E-state index in [4.69, 9.17) is 0 Å². The number of hydrogen-bond donors (Lipinski definition) is 1. The first-order chi connectivity index (χ1) is 7.90. The van der Waals surface area contributed by atoms with Gasteiger partial charge in [-0.3, -0.25) is 0 Å². The summed E-state index contributed by atoms with van der Waals surface area (Å²) in [5.41, 5.74) is 0. The molecule has 1 saturated heterocycles. The van der Waals surface area contributed by atoms with Gasteiger partial charge in [0.1, 0.15) is 0 Å². The van der Waals surface area contributed by atoms with Gasteiger partial charge in [-0.25, -0.2) is 4.98 Å². The van der Waals surface area contributed by atoms with Gasteiger partial charge in [-0.15, -0.1) is 0 Å². The van der Waals surface area contributed by atoms with E-state index in [1.165, 1.54) is 38.9 Å². The van der Waals surface area contributed by atoms with Crippen molar-refractivity contribution >= 4 is 5.95 Å². The third kappa shape index (κ3) is 2.98. The van der Waals surface area contributed by atoms with Gasteiger partial charge in [-0.2, -0.15) is 0 Å². The van der Waals surface area contributed by atoms with Crippen LogP contribution in [0, 0.1) is 0 Å². The van der Waals surface area contributed by atoms with Gasteiger partial charge in [0, 0.05) is 25.5 Å². The van der Waals surface area contributed by atoms with Gasteiger partial charge in [-0.1, -0.05) is 0 Å². The van der Waals surface area contributed by atoms with Crippen LogP contribution in [0.4, 0.5) is 5.95 Å². The van der Waals surface area contributed by atoms with Crippen LogP contribution in [0.3, 0.4) is 0 Å². The molecule has 0 saturated carbocycles. The Morgan fingerprint density at radius 2 is 2.19 bits per heavy atom. The smallest absolute Gasteiger partial charge is 0.202 e. The van der Waals surface area contributed by atoms with Crippen LogP contribution >= 0.6 is 0 Å². The summed E-state index contributed by atoms with van der Waals surface area (Å²) >= 11 is 0. The summed E-state index contributed by atoms with van der Waals surface area (Å²) in [6.45, 7) is 7.95. The largest absolute Gasteiger partial charge is 0.356 e. The van der Waals surface area contributed by atoms with Crippen molar-refractivity contribution in [2.45, 2.75) is 32.7 Å². The molecule has 1 aromatic rings. The van der Waals surface area contributed by atoms with E-state index in [0.717, 1.165) is 19.0 Å². The zero-order valence-electron chi connectivity index (χ0n) is 10.2. The zero-order valence-corrected chi connectivity index (χ0v) is 10.2. The molecule has 0 radical (unpaired) electrons. The fraction of sp³-hybridized carbons (Fsp3) is 0.750. The van der Waals surface area contributed by atoms with E-state index in [1.54, 1.807) is 0 Å². The summed E-state index contributed by atoms with van der Waals surface area (Å²) in [5.74, 6) is 1.00. The first kappa shape index (κ1) is 11.5. The normalized spacial score (nSPS) is 16.8. The van der Waals surface area contributed by atoms with Crippen LogP contribution in [0.5, 0.6) is 0 Å². The van der Waals surface area contributed by atoms with Crippen molar-refractivity contribution in [1.82, 2.24) is 14.5 Å². The molecule has 0 spiro atoms. The average molecular weight is 222 g/mol.